The maximum atomic E-state index is 5.25. The smallest absolute Gasteiger partial charge is 0.116 e. The van der Waals surface area contributed by atoms with Crippen LogP contribution in [0.5, 0.6) is 0 Å². The van der Waals surface area contributed by atoms with Crippen LogP contribution in [0.15, 0.2) is 36.5 Å². The minimum Gasteiger partial charge on any atom is -0.306 e. The van der Waals surface area contributed by atoms with E-state index in [-0.39, 0.29) is 0 Å². The van der Waals surface area contributed by atoms with Crippen LogP contribution < -0.4 is 0 Å². The fraction of sp³-hybridized carbons (Fsp3) is 0.100. The van der Waals surface area contributed by atoms with E-state index in [1.54, 1.807) is 11.5 Å². The van der Waals surface area contributed by atoms with Crippen LogP contribution in [0.4, 0.5) is 0 Å². The molecular formula is C10H9NS2. The molecule has 0 aliphatic rings. The molecule has 1 aromatic heterocycles. The molecule has 66 valence electrons. The van der Waals surface area contributed by atoms with Gasteiger partial charge in [-0.3, -0.25) is 0 Å². The van der Waals surface area contributed by atoms with Crippen LogP contribution >= 0.6 is 23.8 Å². The first kappa shape index (κ1) is 8.66. The Bertz CT molecular complexity index is 453. The third kappa shape index (κ3) is 1.71. The van der Waals surface area contributed by atoms with Gasteiger partial charge >= 0.3 is 0 Å². The van der Waals surface area contributed by atoms with Crippen LogP contribution in [0.3, 0.4) is 0 Å². The summed E-state index contributed by atoms with van der Waals surface area (Å²) in [6.45, 7) is 0. The zero-order valence-corrected chi connectivity index (χ0v) is 8.86. The standard InChI is InChI=1S/C10H9NS2/c1-11-7-9(10(12)13-11)8-5-3-2-4-6-8/h2-7H,1H3. The topological polar surface area (TPSA) is 4.93 Å². The summed E-state index contributed by atoms with van der Waals surface area (Å²) in [5.41, 5.74) is 2.35. The lowest BCUT2D eigenvalue weighted by molar-refractivity contribution is 1.03. The molecule has 0 amide bonds. The molecule has 0 radical (unpaired) electrons. The average Bonchev–Trinajstić information content (AvgIpc) is 2.47. The molecule has 0 aliphatic heterocycles. The first-order valence-electron chi connectivity index (χ1n) is 4.00. The number of aryl methyl sites for hydroxylation is 1. The molecule has 0 saturated heterocycles. The van der Waals surface area contributed by atoms with Gasteiger partial charge in [-0.15, -0.1) is 0 Å². The van der Waals surface area contributed by atoms with Gasteiger partial charge < -0.3 is 3.96 Å². The van der Waals surface area contributed by atoms with Gasteiger partial charge in [-0.05, 0) is 17.1 Å². The van der Waals surface area contributed by atoms with Crippen LogP contribution in [0.2, 0.25) is 0 Å². The third-order valence-electron chi connectivity index (χ3n) is 1.84. The summed E-state index contributed by atoms with van der Waals surface area (Å²) >= 11 is 6.85. The highest BCUT2D eigenvalue weighted by Crippen LogP contribution is 2.23. The molecule has 1 aromatic carbocycles. The predicted molar refractivity (Wildman–Crippen MR) is 59.6 cm³/mol. The summed E-state index contributed by atoms with van der Waals surface area (Å²) in [6, 6.07) is 10.2. The second-order valence-corrected chi connectivity index (χ2v) is 4.67. The van der Waals surface area contributed by atoms with Crippen molar-refractivity contribution in [3.63, 3.8) is 0 Å². The molecule has 0 unspecified atom stereocenters. The zero-order chi connectivity index (χ0) is 9.26. The summed E-state index contributed by atoms with van der Waals surface area (Å²) < 4.78 is 2.98. The minimum atomic E-state index is 0.953. The van der Waals surface area contributed by atoms with E-state index in [2.05, 4.69) is 18.3 Å². The highest BCUT2D eigenvalue weighted by molar-refractivity contribution is 7.73. The molecule has 2 rings (SSSR count). The Balaban J connectivity index is 2.59. The van der Waals surface area contributed by atoms with Crippen molar-refractivity contribution in [2.24, 2.45) is 7.05 Å². The molecule has 1 nitrogen and oxygen atoms in total. The molecule has 0 fully saturated rings. The Kier molecular flexibility index (Phi) is 2.29. The van der Waals surface area contributed by atoms with Crippen molar-refractivity contribution in [1.82, 2.24) is 3.96 Å². The SMILES string of the molecule is Cn1cc(-c2ccccc2)c(=S)s1. The second kappa shape index (κ2) is 3.44. The zero-order valence-electron chi connectivity index (χ0n) is 7.23. The van der Waals surface area contributed by atoms with Gasteiger partial charge in [-0.2, -0.15) is 0 Å². The van der Waals surface area contributed by atoms with Crippen molar-refractivity contribution in [2.75, 3.05) is 0 Å². The molecule has 0 N–H and O–H groups in total. The fourth-order valence-corrected chi connectivity index (χ4v) is 2.46. The van der Waals surface area contributed by atoms with Gasteiger partial charge in [0.15, 0.2) is 0 Å². The Morgan fingerprint density at radius 3 is 2.46 bits per heavy atom. The van der Waals surface area contributed by atoms with E-state index < -0.39 is 0 Å². The Morgan fingerprint density at radius 2 is 1.92 bits per heavy atom. The van der Waals surface area contributed by atoms with Crippen LogP contribution in [-0.2, 0) is 7.05 Å². The average molecular weight is 207 g/mol. The fourth-order valence-electron chi connectivity index (χ4n) is 1.25. The Hall–Kier alpha value is -0.930. The molecule has 0 aliphatic carbocycles. The van der Waals surface area contributed by atoms with Crippen LogP contribution in [0, 0.1) is 3.82 Å². The third-order valence-corrected chi connectivity index (χ3v) is 3.07. The maximum Gasteiger partial charge on any atom is 0.116 e. The van der Waals surface area contributed by atoms with Crippen molar-refractivity contribution in [2.45, 2.75) is 0 Å². The monoisotopic (exact) mass is 207 g/mol. The molecule has 0 bridgehead atoms. The highest BCUT2D eigenvalue weighted by atomic mass is 32.2. The lowest BCUT2D eigenvalue weighted by Gasteiger charge is -1.94. The lowest BCUT2D eigenvalue weighted by Crippen LogP contribution is -1.76. The molecule has 1 heterocycles. The summed E-state index contributed by atoms with van der Waals surface area (Å²) in [6.07, 6.45) is 2.07. The Labute approximate surface area is 86.4 Å². The van der Waals surface area contributed by atoms with E-state index in [0.717, 1.165) is 9.39 Å². The van der Waals surface area contributed by atoms with Gasteiger partial charge in [-0.25, -0.2) is 0 Å². The van der Waals surface area contributed by atoms with Crippen LogP contribution in [0.1, 0.15) is 0 Å². The van der Waals surface area contributed by atoms with E-state index >= 15 is 0 Å². The van der Waals surface area contributed by atoms with Crippen molar-refractivity contribution in [1.29, 1.82) is 0 Å². The predicted octanol–water partition coefficient (Wildman–Crippen LogP) is 3.48. The van der Waals surface area contributed by atoms with Gasteiger partial charge in [-0.1, -0.05) is 42.5 Å². The summed E-state index contributed by atoms with van der Waals surface area (Å²) in [7, 11) is 2.01. The van der Waals surface area contributed by atoms with E-state index in [1.165, 1.54) is 5.56 Å². The molecule has 0 atom stereocenters. The summed E-state index contributed by atoms with van der Waals surface area (Å²) in [4.78, 5) is 0. The first-order chi connectivity index (χ1) is 6.27. The number of hydrogen-bond acceptors (Lipinski definition) is 2. The van der Waals surface area contributed by atoms with E-state index in [4.69, 9.17) is 12.2 Å². The highest BCUT2D eigenvalue weighted by Gasteiger charge is 2.01. The van der Waals surface area contributed by atoms with Crippen molar-refractivity contribution in [3.8, 4) is 11.1 Å². The number of hydrogen-bond donors (Lipinski definition) is 0. The van der Waals surface area contributed by atoms with Crippen molar-refractivity contribution in [3.05, 3.63) is 40.4 Å². The number of benzene rings is 1. The van der Waals surface area contributed by atoms with Gasteiger partial charge in [0.05, 0.1) is 0 Å². The molecular weight excluding hydrogens is 198 g/mol. The number of rotatable bonds is 1. The second-order valence-electron chi connectivity index (χ2n) is 2.83. The van der Waals surface area contributed by atoms with Crippen molar-refractivity contribution < 1.29 is 0 Å². The first-order valence-corrected chi connectivity index (χ1v) is 5.18. The molecule has 2 aromatic rings. The van der Waals surface area contributed by atoms with Crippen LogP contribution in [-0.4, -0.2) is 3.96 Å². The minimum absolute atomic E-state index is 0.953. The van der Waals surface area contributed by atoms with Gasteiger partial charge in [0, 0.05) is 18.8 Å². The summed E-state index contributed by atoms with van der Waals surface area (Å²) in [5.74, 6) is 0. The number of aromatic nitrogens is 1. The number of nitrogens with zero attached hydrogens (tertiary/aromatic N) is 1. The lowest BCUT2D eigenvalue weighted by atomic mass is 10.1. The molecule has 3 heteroatoms. The van der Waals surface area contributed by atoms with Gasteiger partial charge in [0.1, 0.15) is 3.82 Å². The normalized spacial score (nSPS) is 10.2. The Morgan fingerprint density at radius 1 is 1.23 bits per heavy atom. The molecule has 0 spiro atoms. The summed E-state index contributed by atoms with van der Waals surface area (Å²) in [5, 5.41) is 0. The largest absolute Gasteiger partial charge is 0.306 e. The van der Waals surface area contributed by atoms with E-state index in [1.807, 2.05) is 29.2 Å². The maximum absolute atomic E-state index is 5.25. The van der Waals surface area contributed by atoms with Crippen LogP contribution in [0.25, 0.3) is 11.1 Å². The van der Waals surface area contributed by atoms with Gasteiger partial charge in [0.25, 0.3) is 0 Å². The van der Waals surface area contributed by atoms with E-state index in [0.29, 0.717) is 0 Å². The van der Waals surface area contributed by atoms with Gasteiger partial charge in [0.2, 0.25) is 0 Å². The quantitative estimate of drug-likeness (QED) is 0.648. The molecule has 0 saturated carbocycles. The molecule has 13 heavy (non-hydrogen) atoms. The van der Waals surface area contributed by atoms with Crippen molar-refractivity contribution >= 4 is 23.8 Å². The van der Waals surface area contributed by atoms with E-state index in [9.17, 15) is 0 Å².